The second-order valence-corrected chi connectivity index (χ2v) is 9.43. The van der Waals surface area contributed by atoms with Crippen molar-refractivity contribution in [2.24, 2.45) is 10.9 Å². The molecule has 1 heterocycles. The van der Waals surface area contributed by atoms with Gasteiger partial charge in [0.25, 0.3) is 0 Å². The van der Waals surface area contributed by atoms with Crippen molar-refractivity contribution < 1.29 is 9.53 Å². The summed E-state index contributed by atoms with van der Waals surface area (Å²) in [5.41, 5.74) is 0. The van der Waals surface area contributed by atoms with Crippen molar-refractivity contribution in [3.05, 3.63) is 0 Å². The van der Waals surface area contributed by atoms with E-state index in [-0.39, 0.29) is 18.5 Å². The lowest BCUT2D eigenvalue weighted by molar-refractivity contribution is -0.146. The van der Waals surface area contributed by atoms with Gasteiger partial charge in [0, 0.05) is 12.8 Å². The zero-order chi connectivity index (χ0) is 18.4. The molecule has 25 heavy (non-hydrogen) atoms. The first-order valence-corrected chi connectivity index (χ1v) is 10.9. The number of alkyl halides is 3. The Morgan fingerprint density at radius 2 is 1.36 bits per heavy atom. The highest BCUT2D eigenvalue weighted by molar-refractivity contribution is 6.67. The normalized spacial score (nSPS) is 22.9. The van der Waals surface area contributed by atoms with E-state index in [4.69, 9.17) is 39.5 Å². The number of aliphatic imine (C=N–C) groups is 1. The summed E-state index contributed by atoms with van der Waals surface area (Å²) in [6, 6.07) is 0. The summed E-state index contributed by atoms with van der Waals surface area (Å²) >= 11 is 17.0. The predicted molar refractivity (Wildman–Crippen MR) is 108 cm³/mol. The molecule has 0 saturated heterocycles. The highest BCUT2D eigenvalue weighted by Gasteiger charge is 2.25. The molecule has 0 saturated carbocycles. The topological polar surface area (TPSA) is 38.7 Å². The number of carbonyl (C=O) groups is 1. The predicted octanol–water partition coefficient (Wildman–Crippen LogP) is 6.67. The molecular weight excluding hydrogens is 381 g/mol. The summed E-state index contributed by atoms with van der Waals surface area (Å²) in [6.07, 6.45) is 17.5. The van der Waals surface area contributed by atoms with Crippen LogP contribution in [0.4, 0.5) is 0 Å². The van der Waals surface area contributed by atoms with E-state index in [1.54, 1.807) is 6.21 Å². The molecule has 146 valence electrons. The first kappa shape index (κ1) is 23.0. The third-order valence-corrected chi connectivity index (χ3v) is 4.85. The van der Waals surface area contributed by atoms with Crippen molar-refractivity contribution in [2.45, 2.75) is 87.3 Å². The van der Waals surface area contributed by atoms with Crippen LogP contribution < -0.4 is 0 Å². The highest BCUT2D eigenvalue weighted by Crippen LogP contribution is 2.26. The van der Waals surface area contributed by atoms with Crippen LogP contribution in [0, 0.1) is 5.92 Å². The van der Waals surface area contributed by atoms with Crippen molar-refractivity contribution in [2.75, 3.05) is 13.2 Å². The Labute approximate surface area is 167 Å². The van der Waals surface area contributed by atoms with Gasteiger partial charge in [-0.05, 0) is 12.8 Å². The molecule has 0 radical (unpaired) electrons. The molecule has 0 spiro atoms. The third-order valence-electron chi connectivity index (χ3n) is 4.52. The van der Waals surface area contributed by atoms with Crippen LogP contribution in [-0.2, 0) is 9.53 Å². The minimum atomic E-state index is -1.57. The highest BCUT2D eigenvalue weighted by atomic mass is 35.6. The number of carbonyl (C=O) groups excluding carboxylic acids is 1. The van der Waals surface area contributed by atoms with E-state index in [2.05, 4.69) is 4.99 Å². The lowest BCUT2D eigenvalue weighted by Gasteiger charge is -2.15. The van der Waals surface area contributed by atoms with Crippen LogP contribution in [-0.4, -0.2) is 29.1 Å². The molecule has 0 fully saturated rings. The number of ether oxygens (including phenoxy) is 1. The van der Waals surface area contributed by atoms with Gasteiger partial charge in [0.05, 0.1) is 5.92 Å². The summed E-state index contributed by atoms with van der Waals surface area (Å²) in [7, 11) is 0. The fourth-order valence-electron chi connectivity index (χ4n) is 3.05. The van der Waals surface area contributed by atoms with E-state index in [0.717, 1.165) is 32.2 Å². The maximum atomic E-state index is 12.2. The molecule has 6 heteroatoms. The molecule has 0 bridgehead atoms. The van der Waals surface area contributed by atoms with Gasteiger partial charge in [-0.15, -0.1) is 0 Å². The maximum Gasteiger partial charge on any atom is 0.314 e. The molecule has 1 aliphatic heterocycles. The number of rotatable bonds is 2. The first-order valence-electron chi connectivity index (χ1n) is 9.72. The van der Waals surface area contributed by atoms with Crippen molar-refractivity contribution >= 4 is 47.0 Å². The summed E-state index contributed by atoms with van der Waals surface area (Å²) in [4.78, 5) is 16.7. The van der Waals surface area contributed by atoms with Gasteiger partial charge in [-0.1, -0.05) is 105 Å². The zero-order valence-corrected chi connectivity index (χ0v) is 17.4. The average Bonchev–Trinajstić information content (AvgIpc) is 2.56. The van der Waals surface area contributed by atoms with Crippen molar-refractivity contribution in [3.8, 4) is 0 Å². The fraction of sp³-hybridized carbons (Fsp3) is 0.895. The molecule has 0 aromatic carbocycles. The molecule has 0 aromatic rings. The molecular formula is C19H32Cl3NO2. The van der Waals surface area contributed by atoms with E-state index in [1.165, 1.54) is 57.8 Å². The van der Waals surface area contributed by atoms with Crippen LogP contribution in [0.15, 0.2) is 4.99 Å². The Bertz CT molecular complexity index is 383. The molecule has 0 amide bonds. The number of nitrogens with zero attached hydrogens (tertiary/aromatic N) is 1. The molecule has 0 N–H and O–H groups in total. The van der Waals surface area contributed by atoms with E-state index < -0.39 is 3.79 Å². The SMILES string of the molecule is O=C(OCC(Cl)(Cl)Cl)C1C=NCCCCCCCCCCCCCC1. The van der Waals surface area contributed by atoms with E-state index >= 15 is 0 Å². The summed E-state index contributed by atoms with van der Waals surface area (Å²) in [6.45, 7) is 0.551. The van der Waals surface area contributed by atoms with Crippen molar-refractivity contribution in [1.82, 2.24) is 0 Å². The Hall–Kier alpha value is 0.01000. The van der Waals surface area contributed by atoms with E-state index in [1.807, 2.05) is 0 Å². The van der Waals surface area contributed by atoms with Gasteiger partial charge in [0.2, 0.25) is 3.79 Å². The largest absolute Gasteiger partial charge is 0.461 e. The Morgan fingerprint density at radius 3 is 1.88 bits per heavy atom. The zero-order valence-electron chi connectivity index (χ0n) is 15.2. The number of hydrogen-bond acceptors (Lipinski definition) is 3. The molecule has 1 rings (SSSR count). The van der Waals surface area contributed by atoms with Gasteiger partial charge in [-0.2, -0.15) is 0 Å². The molecule has 0 aliphatic carbocycles. The monoisotopic (exact) mass is 411 g/mol. The lowest BCUT2D eigenvalue weighted by Crippen LogP contribution is -2.24. The van der Waals surface area contributed by atoms with Crippen LogP contribution in [0.25, 0.3) is 0 Å². The van der Waals surface area contributed by atoms with Crippen LogP contribution in [0.1, 0.15) is 83.5 Å². The third kappa shape index (κ3) is 13.8. The molecule has 1 atom stereocenters. The number of esters is 1. The summed E-state index contributed by atoms with van der Waals surface area (Å²) < 4.78 is 3.58. The van der Waals surface area contributed by atoms with Crippen molar-refractivity contribution in [1.29, 1.82) is 0 Å². The number of halogens is 3. The van der Waals surface area contributed by atoms with Gasteiger partial charge in [-0.3, -0.25) is 9.79 Å². The second kappa shape index (κ2) is 14.1. The molecule has 1 aliphatic rings. The minimum absolute atomic E-state index is 0.221. The van der Waals surface area contributed by atoms with Gasteiger partial charge in [0.15, 0.2) is 0 Å². The first-order chi connectivity index (χ1) is 12.0. The Morgan fingerprint density at radius 1 is 0.880 bits per heavy atom. The van der Waals surface area contributed by atoms with Gasteiger partial charge in [-0.25, -0.2) is 0 Å². The lowest BCUT2D eigenvalue weighted by atomic mass is 10.0. The van der Waals surface area contributed by atoms with Crippen LogP contribution in [0.3, 0.4) is 0 Å². The summed E-state index contributed by atoms with van der Waals surface area (Å²) in [5.74, 6) is -0.670. The Balaban J connectivity index is 2.47. The quantitative estimate of drug-likeness (QED) is 0.375. The van der Waals surface area contributed by atoms with Crippen molar-refractivity contribution in [3.63, 3.8) is 0 Å². The average molecular weight is 413 g/mol. The van der Waals surface area contributed by atoms with E-state index in [0.29, 0.717) is 0 Å². The van der Waals surface area contributed by atoms with Gasteiger partial charge in [0.1, 0.15) is 6.61 Å². The van der Waals surface area contributed by atoms with Gasteiger partial charge >= 0.3 is 5.97 Å². The molecule has 0 aromatic heterocycles. The Kier molecular flexibility index (Phi) is 13.0. The van der Waals surface area contributed by atoms with Crippen LogP contribution in [0.5, 0.6) is 0 Å². The van der Waals surface area contributed by atoms with Gasteiger partial charge < -0.3 is 4.74 Å². The standard InChI is InChI=1S/C19H32Cl3NO2/c20-19(21,22)16-25-18(24)17-13-11-9-7-5-3-1-2-4-6-8-10-12-14-23-15-17/h15,17H,1-14,16H2. The smallest absolute Gasteiger partial charge is 0.314 e. The molecule has 3 nitrogen and oxygen atoms in total. The number of hydrogen-bond donors (Lipinski definition) is 0. The minimum Gasteiger partial charge on any atom is -0.461 e. The maximum absolute atomic E-state index is 12.2. The fourth-order valence-corrected chi connectivity index (χ4v) is 3.21. The second-order valence-electron chi connectivity index (χ2n) is 6.92. The van der Waals surface area contributed by atoms with E-state index in [9.17, 15) is 4.79 Å². The van der Waals surface area contributed by atoms with Crippen LogP contribution >= 0.6 is 34.8 Å². The molecule has 1 unspecified atom stereocenters. The van der Waals surface area contributed by atoms with Crippen LogP contribution in [0.2, 0.25) is 0 Å². The summed E-state index contributed by atoms with van der Waals surface area (Å²) in [5, 5.41) is 0.